The predicted octanol–water partition coefficient (Wildman–Crippen LogP) is 3.74. The van der Waals surface area contributed by atoms with Crippen LogP contribution >= 0.6 is 0 Å². The molecule has 5 aromatic rings. The zero-order valence-corrected chi connectivity index (χ0v) is 20.4. The van der Waals surface area contributed by atoms with Gasteiger partial charge in [0.05, 0.1) is 47.5 Å². The molecule has 0 aliphatic heterocycles. The van der Waals surface area contributed by atoms with Gasteiger partial charge in [0.2, 0.25) is 5.16 Å². The summed E-state index contributed by atoms with van der Waals surface area (Å²) in [6.45, 7) is 5.81. The van der Waals surface area contributed by atoms with Crippen LogP contribution in [-0.2, 0) is 16.6 Å². The van der Waals surface area contributed by atoms with Gasteiger partial charge in [-0.3, -0.25) is 9.19 Å². The molecule has 0 N–H and O–H groups in total. The molecule has 0 saturated carbocycles. The number of rotatable bonds is 6. The van der Waals surface area contributed by atoms with Gasteiger partial charge < -0.3 is 9.47 Å². The van der Waals surface area contributed by atoms with E-state index in [1.807, 2.05) is 57.2 Å². The van der Waals surface area contributed by atoms with E-state index in [4.69, 9.17) is 14.5 Å². The number of nitrogens with zero attached hydrogens (tertiary/aromatic N) is 6. The summed E-state index contributed by atoms with van der Waals surface area (Å²) in [5, 5.41) is 8.99. The Bertz CT molecular complexity index is 1570. The minimum atomic E-state index is -1.55. The van der Waals surface area contributed by atoms with Gasteiger partial charge in [-0.1, -0.05) is 12.1 Å². The van der Waals surface area contributed by atoms with E-state index in [-0.39, 0.29) is 5.75 Å². The Hall–Kier alpha value is -3.79. The molecular weight excluding hydrogens is 452 g/mol. The van der Waals surface area contributed by atoms with E-state index >= 15 is 0 Å². The number of methoxy groups -OCH3 is 2. The number of ether oxygens (including phenoxy) is 2. The first-order chi connectivity index (χ1) is 16.4. The molecule has 0 aliphatic rings. The fraction of sp³-hybridized carbons (Fsp3) is 0.250. The van der Waals surface area contributed by atoms with E-state index in [0.717, 1.165) is 44.5 Å². The van der Waals surface area contributed by atoms with Crippen molar-refractivity contribution in [1.29, 1.82) is 0 Å². The third-order valence-corrected chi connectivity index (χ3v) is 7.06. The van der Waals surface area contributed by atoms with E-state index in [1.165, 1.54) is 0 Å². The smallest absolute Gasteiger partial charge is 0.221 e. The molecule has 1 unspecified atom stereocenters. The minimum absolute atomic E-state index is 0.175. The van der Waals surface area contributed by atoms with Crippen molar-refractivity contribution in [2.45, 2.75) is 31.7 Å². The lowest BCUT2D eigenvalue weighted by Crippen LogP contribution is -2.17. The van der Waals surface area contributed by atoms with Crippen LogP contribution in [0, 0.1) is 20.8 Å². The van der Waals surface area contributed by atoms with Gasteiger partial charge in [-0.2, -0.15) is 0 Å². The van der Waals surface area contributed by atoms with Crippen LogP contribution in [0.25, 0.3) is 22.1 Å². The van der Waals surface area contributed by atoms with Gasteiger partial charge in [0, 0.05) is 23.4 Å². The molecule has 0 bridgehead atoms. The molecule has 34 heavy (non-hydrogen) atoms. The van der Waals surface area contributed by atoms with Crippen LogP contribution in [0.1, 0.15) is 22.4 Å². The second-order valence-corrected chi connectivity index (χ2v) is 9.37. The number of benzene rings is 2. The molecule has 9 nitrogen and oxygen atoms in total. The van der Waals surface area contributed by atoms with Crippen LogP contribution in [0.3, 0.4) is 0 Å². The maximum absolute atomic E-state index is 13.8. The highest BCUT2D eigenvalue weighted by atomic mass is 32.2. The first-order valence-corrected chi connectivity index (χ1v) is 12.0. The largest absolute Gasteiger partial charge is 0.497 e. The van der Waals surface area contributed by atoms with Crippen molar-refractivity contribution in [3.8, 4) is 11.5 Å². The highest BCUT2D eigenvalue weighted by molar-refractivity contribution is 7.84. The molecule has 5 rings (SSSR count). The summed E-state index contributed by atoms with van der Waals surface area (Å²) >= 11 is 0. The summed E-state index contributed by atoms with van der Waals surface area (Å²) in [5.74, 6) is 1.60. The molecule has 3 aromatic heterocycles. The molecule has 0 saturated heterocycles. The summed E-state index contributed by atoms with van der Waals surface area (Å²) in [7, 11) is 1.70. The van der Waals surface area contributed by atoms with Gasteiger partial charge in [0.15, 0.2) is 0 Å². The van der Waals surface area contributed by atoms with E-state index < -0.39 is 10.8 Å². The molecule has 3 heterocycles. The molecule has 0 spiro atoms. The van der Waals surface area contributed by atoms with Crippen LogP contribution in [0.5, 0.6) is 11.5 Å². The van der Waals surface area contributed by atoms with Crippen LogP contribution in [-0.4, -0.2) is 48.2 Å². The highest BCUT2D eigenvalue weighted by Gasteiger charge is 2.24. The molecule has 174 valence electrons. The summed E-state index contributed by atoms with van der Waals surface area (Å²) < 4.78 is 26.6. The van der Waals surface area contributed by atoms with E-state index in [2.05, 4.69) is 15.3 Å². The molecule has 2 aromatic carbocycles. The van der Waals surface area contributed by atoms with E-state index in [0.29, 0.717) is 16.6 Å². The van der Waals surface area contributed by atoms with E-state index in [9.17, 15) is 4.21 Å². The standard InChI is InChI=1S/C24H24N6O3S/c1-14-10-17(32-4)11-21-22(14)26-24(29(21)30-20-9-7-6-8-18(20)27-28-30)34(31)13-19-16(3)23(33-5)15(2)12-25-19/h6-12H,13H2,1-5H3. The van der Waals surface area contributed by atoms with Crippen molar-refractivity contribution in [1.82, 2.24) is 29.7 Å². The van der Waals surface area contributed by atoms with Crippen molar-refractivity contribution < 1.29 is 13.7 Å². The van der Waals surface area contributed by atoms with Crippen molar-refractivity contribution >= 4 is 32.9 Å². The summed E-state index contributed by atoms with van der Waals surface area (Å²) in [4.78, 5) is 11.0. The number of pyridine rings is 1. The molecule has 10 heteroatoms. The molecule has 0 amide bonds. The second-order valence-electron chi connectivity index (χ2n) is 8.02. The molecule has 0 fully saturated rings. The van der Waals surface area contributed by atoms with Crippen LogP contribution < -0.4 is 9.47 Å². The summed E-state index contributed by atoms with van der Waals surface area (Å²) in [6.07, 6.45) is 1.74. The lowest BCUT2D eigenvalue weighted by Gasteiger charge is -2.13. The zero-order valence-electron chi connectivity index (χ0n) is 19.6. The number of aromatic nitrogens is 6. The van der Waals surface area contributed by atoms with Gasteiger partial charge in [-0.25, -0.2) is 9.66 Å². The lowest BCUT2D eigenvalue weighted by molar-refractivity contribution is 0.407. The Morgan fingerprint density at radius 3 is 2.56 bits per heavy atom. The second kappa shape index (κ2) is 8.53. The number of imidazole rings is 1. The topological polar surface area (TPSA) is 97.0 Å². The predicted molar refractivity (Wildman–Crippen MR) is 130 cm³/mol. The van der Waals surface area contributed by atoms with Crippen molar-refractivity contribution in [3.05, 3.63) is 65.0 Å². The Balaban J connectivity index is 1.72. The van der Waals surface area contributed by atoms with Gasteiger partial charge >= 0.3 is 0 Å². The van der Waals surface area contributed by atoms with E-state index in [1.54, 1.807) is 29.9 Å². The SMILES string of the molecule is COc1cc(C)c2nc(S(=O)Cc3ncc(C)c(OC)c3C)n(-n3nnc4ccccc43)c2c1. The number of para-hydroxylation sites is 1. The average molecular weight is 477 g/mol. The number of hydrogen-bond donors (Lipinski definition) is 0. The molecule has 0 radical (unpaired) electrons. The normalized spacial score (nSPS) is 12.4. The molecule has 1 atom stereocenters. The Kier molecular flexibility index (Phi) is 5.52. The number of fused-ring (bicyclic) bond motifs is 2. The zero-order chi connectivity index (χ0) is 24.0. The summed E-state index contributed by atoms with van der Waals surface area (Å²) in [5.41, 5.74) is 6.32. The molecule has 0 aliphatic carbocycles. The van der Waals surface area contributed by atoms with Crippen LogP contribution in [0.4, 0.5) is 0 Å². The highest BCUT2D eigenvalue weighted by Crippen LogP contribution is 2.30. The monoisotopic (exact) mass is 476 g/mol. The lowest BCUT2D eigenvalue weighted by atomic mass is 10.1. The van der Waals surface area contributed by atoms with Gasteiger partial charge in [-0.05, 0) is 49.7 Å². The Morgan fingerprint density at radius 2 is 1.79 bits per heavy atom. The van der Waals surface area contributed by atoms with Gasteiger partial charge in [-0.15, -0.1) is 9.89 Å². The quantitative estimate of drug-likeness (QED) is 0.368. The third-order valence-electron chi connectivity index (χ3n) is 5.85. The first-order valence-electron chi connectivity index (χ1n) is 10.7. The van der Waals surface area contributed by atoms with Crippen molar-refractivity contribution in [2.24, 2.45) is 0 Å². The fourth-order valence-electron chi connectivity index (χ4n) is 4.14. The maximum Gasteiger partial charge on any atom is 0.221 e. The third kappa shape index (κ3) is 3.50. The van der Waals surface area contributed by atoms with Crippen LogP contribution in [0.15, 0.2) is 47.8 Å². The van der Waals surface area contributed by atoms with Crippen molar-refractivity contribution in [2.75, 3.05) is 14.2 Å². The molecular formula is C24H24N6O3S. The van der Waals surface area contributed by atoms with Gasteiger partial charge in [0.1, 0.15) is 22.5 Å². The number of aryl methyl sites for hydroxylation is 2. The average Bonchev–Trinajstić information content (AvgIpc) is 3.42. The fourth-order valence-corrected chi connectivity index (χ4v) is 5.37. The van der Waals surface area contributed by atoms with Crippen molar-refractivity contribution in [3.63, 3.8) is 0 Å². The van der Waals surface area contributed by atoms with Crippen LogP contribution in [0.2, 0.25) is 0 Å². The summed E-state index contributed by atoms with van der Waals surface area (Å²) in [6, 6.07) is 11.4. The van der Waals surface area contributed by atoms with Gasteiger partial charge in [0.25, 0.3) is 0 Å². The maximum atomic E-state index is 13.8. The first kappa shape index (κ1) is 22.0. The Morgan fingerprint density at radius 1 is 1.00 bits per heavy atom. The Labute approximate surface area is 198 Å². The minimum Gasteiger partial charge on any atom is -0.497 e. The number of hydrogen-bond acceptors (Lipinski definition) is 7.